The number of alkyl halides is 9. The Morgan fingerprint density at radius 3 is 1.06 bits per heavy atom. The van der Waals surface area contributed by atoms with Crippen molar-refractivity contribution < 1.29 is 69.9 Å². The van der Waals surface area contributed by atoms with Crippen LogP contribution in [0.4, 0.5) is 56.3 Å². The summed E-state index contributed by atoms with van der Waals surface area (Å²) >= 11 is 0. The Hall–Kier alpha value is -0.110. The molecule has 0 N–H and O–H groups in total. The Labute approximate surface area is 164 Å². The molecule has 0 bridgehead atoms. The summed E-state index contributed by atoms with van der Waals surface area (Å²) in [6.45, 7) is -7.78. The van der Waals surface area contributed by atoms with Gasteiger partial charge >= 0.3 is 41.8 Å². The second-order valence-corrected chi connectivity index (χ2v) is 13.3. The smallest absolute Gasteiger partial charge is 0.294 e. The van der Waals surface area contributed by atoms with Crippen molar-refractivity contribution in [3.05, 3.63) is 0 Å². The van der Waals surface area contributed by atoms with Crippen LogP contribution in [-0.2, 0) is 13.6 Å². The van der Waals surface area contributed by atoms with Crippen molar-refractivity contribution in [2.24, 2.45) is 18.1 Å². The lowest BCUT2D eigenvalue weighted by molar-refractivity contribution is -0.153. The zero-order chi connectivity index (χ0) is 24.6. The van der Waals surface area contributed by atoms with Gasteiger partial charge < -0.3 is 0 Å². The molecule has 186 valence electrons. The molecule has 1 rings (SSSR count). The maximum absolute atomic E-state index is 14.7. The van der Waals surface area contributed by atoms with Gasteiger partial charge in [0.1, 0.15) is 0 Å². The molecule has 0 saturated heterocycles. The highest BCUT2D eigenvalue weighted by Crippen LogP contribution is 2.81. The van der Waals surface area contributed by atoms with Gasteiger partial charge in [-0.25, -0.2) is 0 Å². The summed E-state index contributed by atoms with van der Waals surface area (Å²) in [6.07, 6.45) is -16.1. The number of nitrogens with zero attached hydrogens (tertiary/aromatic N) is 4. The molecule has 4 unspecified atom stereocenters. The van der Waals surface area contributed by atoms with Gasteiger partial charge in [-0.2, -0.15) is 65.3 Å². The van der Waals surface area contributed by atoms with E-state index >= 15 is 0 Å². The largest absolute Gasteiger partial charge is 0.412 e. The van der Waals surface area contributed by atoms with E-state index in [-0.39, 0.29) is 6.66 Å². The van der Waals surface area contributed by atoms with Gasteiger partial charge in [-0.15, -0.1) is 9.03 Å². The molecule has 0 aromatic heterocycles. The Bertz CT molecular complexity index is 869. The lowest BCUT2D eigenvalue weighted by Crippen LogP contribution is -2.16. The summed E-state index contributed by atoms with van der Waals surface area (Å²) < 4.78 is 188. The van der Waals surface area contributed by atoms with Gasteiger partial charge in [0.15, 0.2) is 19.8 Å². The summed E-state index contributed by atoms with van der Waals surface area (Å²) in [5, 5.41) is 0. The van der Waals surface area contributed by atoms with Crippen molar-refractivity contribution in [2.75, 3.05) is 26.5 Å². The topological polar surface area (TPSA) is 77.1 Å². The van der Waals surface area contributed by atoms with E-state index < -0.39 is 69.1 Å². The van der Waals surface area contributed by atoms with Crippen molar-refractivity contribution in [3.8, 4) is 0 Å². The molecule has 0 radical (unpaired) electrons. The summed E-state index contributed by atoms with van der Waals surface area (Å²) in [4.78, 5) is 0. The van der Waals surface area contributed by atoms with Gasteiger partial charge in [-0.3, -0.25) is 13.6 Å². The van der Waals surface area contributed by atoms with Crippen LogP contribution in [0.15, 0.2) is 18.1 Å². The maximum Gasteiger partial charge on any atom is 0.412 e. The molecule has 0 aromatic rings. The van der Waals surface area contributed by atoms with Crippen molar-refractivity contribution in [1.82, 2.24) is 0 Å². The highest BCUT2D eigenvalue weighted by Gasteiger charge is 2.44. The number of halogens is 13. The van der Waals surface area contributed by atoms with Crippen LogP contribution >= 0.6 is 30.7 Å². The molecule has 1 aliphatic rings. The van der Waals surface area contributed by atoms with E-state index in [4.69, 9.17) is 0 Å². The third-order valence-electron chi connectivity index (χ3n) is 2.17. The molecule has 7 nitrogen and oxygen atoms in total. The first-order valence-electron chi connectivity index (χ1n) is 6.90. The first-order valence-corrected chi connectivity index (χ1v) is 13.4. The fourth-order valence-electron chi connectivity index (χ4n) is 1.37. The Kier molecular flexibility index (Phi) is 8.64. The lowest BCUT2D eigenvalue weighted by atomic mass is 10.7. The maximum atomic E-state index is 14.7. The number of hydrogen-bond acceptors (Lipinski definition) is 7. The van der Waals surface area contributed by atoms with Crippen molar-refractivity contribution in [3.63, 3.8) is 0 Å². The summed E-state index contributed by atoms with van der Waals surface area (Å²) in [5.41, 5.74) is 0. The highest BCUT2D eigenvalue weighted by atomic mass is 31.3. The minimum atomic E-state index is -6.44. The molecule has 0 saturated carbocycles. The molecule has 0 fully saturated rings. The molecule has 4 atom stereocenters. The van der Waals surface area contributed by atoms with Gasteiger partial charge in [-0.05, 0) is 0 Å². The molecule has 0 amide bonds. The van der Waals surface area contributed by atoms with Crippen molar-refractivity contribution in [2.45, 2.75) is 18.5 Å². The van der Waals surface area contributed by atoms with E-state index in [2.05, 4.69) is 31.6 Å². The number of hydrogen-bond donors (Lipinski definition) is 0. The van der Waals surface area contributed by atoms with E-state index in [1.54, 1.807) is 0 Å². The fourth-order valence-corrected chi connectivity index (χ4v) is 10.8. The van der Waals surface area contributed by atoms with Crippen LogP contribution < -0.4 is 0 Å². The van der Waals surface area contributed by atoms with Crippen LogP contribution in [0.1, 0.15) is 0 Å². The lowest BCUT2D eigenvalue weighted by Gasteiger charge is -2.23. The average molecular weight is 568 g/mol. The van der Waals surface area contributed by atoms with Crippen LogP contribution in [0.25, 0.3) is 0 Å². The van der Waals surface area contributed by atoms with Gasteiger partial charge in [0, 0.05) is 6.66 Å². The molecule has 31 heavy (non-hydrogen) atoms. The summed E-state index contributed by atoms with van der Waals surface area (Å²) in [5.74, 6) is 0. The second kappa shape index (κ2) is 9.27. The van der Waals surface area contributed by atoms with Gasteiger partial charge in [-0.1, -0.05) is 0 Å². The average Bonchev–Trinajstić information content (AvgIpc) is 2.45. The first-order chi connectivity index (χ1) is 13.4. The van der Waals surface area contributed by atoms with Crippen LogP contribution in [0.2, 0.25) is 0 Å². The standard InChI is InChI=1S/C7H9F13N4O3P4/c1-28(17)21-29(18,25-2-5(8,9)10)23-31(20,27-4-7(14,15)16)24-30(19,22-28)26-3-6(11,12)13/h2-4H2,1H3. The molecule has 1 heterocycles. The molecule has 1 aliphatic heterocycles. The quantitative estimate of drug-likeness (QED) is 0.237. The zero-order valence-corrected chi connectivity index (χ0v) is 17.9. The molecular formula is C7H9F13N4O3P4. The Morgan fingerprint density at radius 2 is 0.774 bits per heavy atom. The van der Waals surface area contributed by atoms with Gasteiger partial charge in [0.25, 0.3) is 0 Å². The Morgan fingerprint density at radius 1 is 0.516 bits per heavy atom. The van der Waals surface area contributed by atoms with Crippen LogP contribution in [0.5, 0.6) is 0 Å². The second-order valence-electron chi connectivity index (χ2n) is 5.25. The minimum Gasteiger partial charge on any atom is -0.294 e. The van der Waals surface area contributed by atoms with Gasteiger partial charge in [0.2, 0.25) is 7.52 Å². The normalized spacial score (nSPS) is 35.2. The Balaban J connectivity index is 3.67. The summed E-state index contributed by atoms with van der Waals surface area (Å²) in [6, 6.07) is 0. The minimum absolute atomic E-state index is 0.0921. The van der Waals surface area contributed by atoms with Crippen LogP contribution in [0, 0.1) is 0 Å². The van der Waals surface area contributed by atoms with E-state index in [1.807, 2.05) is 0 Å². The van der Waals surface area contributed by atoms with E-state index in [9.17, 15) is 56.3 Å². The van der Waals surface area contributed by atoms with Crippen molar-refractivity contribution >= 4 is 30.7 Å². The molecule has 0 aliphatic carbocycles. The third kappa shape index (κ3) is 11.5. The molecule has 24 heteroatoms. The molecule has 0 spiro atoms. The zero-order valence-electron chi connectivity index (χ0n) is 14.3. The molecular weight excluding hydrogens is 559 g/mol. The SMILES string of the molecule is CP1(F)=NP(F)(OCC(F)(F)F)=NP(F)(OCC(F)(F)F)=NP(F)(OCC(F)(F)F)=N1. The van der Waals surface area contributed by atoms with E-state index in [1.165, 1.54) is 0 Å². The van der Waals surface area contributed by atoms with Gasteiger partial charge in [0.05, 0.1) is 0 Å². The fraction of sp³-hybridized carbons (Fsp3) is 1.00. The number of rotatable bonds is 6. The predicted octanol–water partition coefficient (Wildman–Crippen LogP) is 9.11. The van der Waals surface area contributed by atoms with E-state index in [0.717, 1.165) is 0 Å². The first kappa shape index (κ1) is 28.9. The molecule has 0 aromatic carbocycles. The predicted molar refractivity (Wildman–Crippen MR) is 83.8 cm³/mol. The monoisotopic (exact) mass is 568 g/mol. The van der Waals surface area contributed by atoms with Crippen LogP contribution in [-0.4, -0.2) is 45.0 Å². The van der Waals surface area contributed by atoms with E-state index in [0.29, 0.717) is 0 Å². The third-order valence-corrected chi connectivity index (χ3v) is 11.4. The van der Waals surface area contributed by atoms with Crippen LogP contribution in [0.3, 0.4) is 0 Å². The highest BCUT2D eigenvalue weighted by molar-refractivity contribution is 7.79. The van der Waals surface area contributed by atoms with Crippen molar-refractivity contribution in [1.29, 1.82) is 0 Å². The summed E-state index contributed by atoms with van der Waals surface area (Å²) in [7, 11) is -24.2.